The molecule has 126 valence electrons. The summed E-state index contributed by atoms with van der Waals surface area (Å²) in [6, 6.07) is 9.47. The van der Waals surface area contributed by atoms with Gasteiger partial charge in [0.25, 0.3) is 0 Å². The highest BCUT2D eigenvalue weighted by molar-refractivity contribution is 7.99. The van der Waals surface area contributed by atoms with Gasteiger partial charge in [-0.2, -0.15) is 11.8 Å². The number of likely N-dealkylation sites (N-methyl/N-ethyl adjacent to an activating group) is 1. The Morgan fingerprint density at radius 2 is 1.96 bits per heavy atom. The molecule has 1 aromatic rings. The first kappa shape index (κ1) is 18.0. The Morgan fingerprint density at radius 1 is 1.22 bits per heavy atom. The molecule has 0 N–H and O–H groups in total. The van der Waals surface area contributed by atoms with Crippen LogP contribution in [-0.2, 0) is 4.79 Å². The lowest BCUT2D eigenvalue weighted by Gasteiger charge is -2.31. The highest BCUT2D eigenvalue weighted by Gasteiger charge is 2.26. The van der Waals surface area contributed by atoms with Gasteiger partial charge in [0.15, 0.2) is 5.78 Å². The fraction of sp³-hybridized carbons (Fsp3) is 0.556. The lowest BCUT2D eigenvalue weighted by molar-refractivity contribution is -0.133. The molecule has 0 saturated carbocycles. The number of nitrogens with zero attached hydrogens (tertiary/aromatic N) is 2. The minimum absolute atomic E-state index is 0.0484. The van der Waals surface area contributed by atoms with E-state index in [-0.39, 0.29) is 17.7 Å². The zero-order valence-corrected chi connectivity index (χ0v) is 14.8. The molecule has 1 unspecified atom stereocenters. The maximum absolute atomic E-state index is 12.6. The molecule has 0 bridgehead atoms. The Hall–Kier alpha value is -1.33. The maximum atomic E-state index is 12.6. The Kier molecular flexibility index (Phi) is 7.12. The summed E-state index contributed by atoms with van der Waals surface area (Å²) in [6.45, 7) is 1.69. The van der Waals surface area contributed by atoms with Crippen molar-refractivity contribution >= 4 is 23.5 Å². The van der Waals surface area contributed by atoms with E-state index in [9.17, 15) is 9.59 Å². The summed E-state index contributed by atoms with van der Waals surface area (Å²) >= 11 is 1.92. The van der Waals surface area contributed by atoms with Crippen LogP contribution in [0.2, 0.25) is 0 Å². The Bertz CT molecular complexity index is 519. The molecular weight excluding hydrogens is 308 g/mol. The van der Waals surface area contributed by atoms with Crippen LogP contribution < -0.4 is 0 Å². The van der Waals surface area contributed by atoms with Crippen LogP contribution in [-0.4, -0.2) is 66.2 Å². The first-order chi connectivity index (χ1) is 11.1. The zero-order chi connectivity index (χ0) is 16.7. The quantitative estimate of drug-likeness (QED) is 0.750. The first-order valence-corrected chi connectivity index (χ1v) is 9.33. The molecule has 1 saturated heterocycles. The van der Waals surface area contributed by atoms with Gasteiger partial charge < -0.3 is 9.80 Å². The number of amides is 1. The van der Waals surface area contributed by atoms with Crippen molar-refractivity contribution in [1.82, 2.24) is 9.80 Å². The number of carbonyl (C=O) groups excluding carboxylic acids is 2. The van der Waals surface area contributed by atoms with Gasteiger partial charge in [-0.05, 0) is 26.3 Å². The normalized spacial score (nSPS) is 18.7. The average molecular weight is 334 g/mol. The van der Waals surface area contributed by atoms with Crippen molar-refractivity contribution in [3.05, 3.63) is 35.9 Å². The van der Waals surface area contributed by atoms with Gasteiger partial charge in [-0.1, -0.05) is 30.3 Å². The van der Waals surface area contributed by atoms with Crippen molar-refractivity contribution in [2.24, 2.45) is 0 Å². The number of hydrogen-bond donors (Lipinski definition) is 0. The van der Waals surface area contributed by atoms with Gasteiger partial charge in [0.2, 0.25) is 5.91 Å². The van der Waals surface area contributed by atoms with E-state index in [0.717, 1.165) is 31.0 Å². The number of rotatable bonds is 6. The third-order valence-electron chi connectivity index (χ3n) is 4.00. The van der Waals surface area contributed by atoms with Gasteiger partial charge in [-0.15, -0.1) is 0 Å². The number of benzene rings is 1. The summed E-state index contributed by atoms with van der Waals surface area (Å²) in [7, 11) is 4.08. The lowest BCUT2D eigenvalue weighted by Crippen LogP contribution is -2.46. The molecule has 0 aromatic heterocycles. The second kappa shape index (κ2) is 9.08. The molecule has 1 aliphatic rings. The molecule has 0 aliphatic carbocycles. The van der Waals surface area contributed by atoms with Gasteiger partial charge in [-0.3, -0.25) is 9.59 Å². The van der Waals surface area contributed by atoms with Crippen molar-refractivity contribution < 1.29 is 9.59 Å². The van der Waals surface area contributed by atoms with Crippen molar-refractivity contribution in [3.8, 4) is 0 Å². The van der Waals surface area contributed by atoms with Crippen molar-refractivity contribution in [1.29, 1.82) is 0 Å². The summed E-state index contributed by atoms with van der Waals surface area (Å²) in [6.07, 6.45) is 1.64. The number of thioether (sulfide) groups is 1. The Balaban J connectivity index is 1.93. The first-order valence-electron chi connectivity index (χ1n) is 8.18. The highest BCUT2D eigenvalue weighted by Crippen LogP contribution is 2.18. The molecule has 1 aromatic carbocycles. The third kappa shape index (κ3) is 5.66. The lowest BCUT2D eigenvalue weighted by atomic mass is 10.1. The van der Waals surface area contributed by atoms with Gasteiger partial charge in [-0.25, -0.2) is 0 Å². The predicted molar refractivity (Wildman–Crippen MR) is 96.0 cm³/mol. The number of Topliss-reactive ketones (excluding diaryl/α,β-unsaturated/α-hetero) is 1. The van der Waals surface area contributed by atoms with Crippen LogP contribution in [0.15, 0.2) is 30.3 Å². The molecule has 1 atom stereocenters. The third-order valence-corrected chi connectivity index (χ3v) is 5.19. The monoisotopic (exact) mass is 334 g/mol. The standard InChI is InChI=1S/C18H26N2O2S/c1-19(2)13-16-14-23-12-6-11-20(16)18(22)10-9-17(21)15-7-4-3-5-8-15/h3-5,7-8,16H,6,9-14H2,1-2H3. The highest BCUT2D eigenvalue weighted by atomic mass is 32.2. The summed E-state index contributed by atoms with van der Waals surface area (Å²) in [5, 5.41) is 0. The summed E-state index contributed by atoms with van der Waals surface area (Å²) < 4.78 is 0. The van der Waals surface area contributed by atoms with E-state index in [2.05, 4.69) is 4.90 Å². The Morgan fingerprint density at radius 3 is 2.65 bits per heavy atom. The largest absolute Gasteiger partial charge is 0.338 e. The van der Waals surface area contributed by atoms with Gasteiger partial charge in [0.05, 0.1) is 6.04 Å². The minimum Gasteiger partial charge on any atom is -0.338 e. The van der Waals surface area contributed by atoms with Gasteiger partial charge in [0.1, 0.15) is 0 Å². The van der Waals surface area contributed by atoms with Crippen LogP contribution in [0.4, 0.5) is 0 Å². The second-order valence-corrected chi connectivity index (χ2v) is 7.37. The van der Waals surface area contributed by atoms with E-state index < -0.39 is 0 Å². The van der Waals surface area contributed by atoms with Gasteiger partial charge >= 0.3 is 0 Å². The van der Waals surface area contributed by atoms with Crippen LogP contribution in [0.3, 0.4) is 0 Å². The molecule has 1 aliphatic heterocycles. The minimum atomic E-state index is 0.0484. The van der Waals surface area contributed by atoms with Crippen LogP contribution in [0.1, 0.15) is 29.6 Å². The second-order valence-electron chi connectivity index (χ2n) is 6.22. The molecule has 1 heterocycles. The molecule has 1 amide bonds. The summed E-state index contributed by atoms with van der Waals surface area (Å²) in [5.74, 6) is 2.25. The fourth-order valence-electron chi connectivity index (χ4n) is 2.86. The van der Waals surface area contributed by atoms with E-state index in [1.807, 2.05) is 61.1 Å². The van der Waals surface area contributed by atoms with Crippen LogP contribution in [0.5, 0.6) is 0 Å². The number of carbonyl (C=O) groups is 2. The SMILES string of the molecule is CN(C)CC1CSCCCN1C(=O)CCC(=O)c1ccccc1. The topological polar surface area (TPSA) is 40.6 Å². The van der Waals surface area contributed by atoms with E-state index >= 15 is 0 Å². The summed E-state index contributed by atoms with van der Waals surface area (Å²) in [4.78, 5) is 28.9. The van der Waals surface area contributed by atoms with E-state index in [1.165, 1.54) is 0 Å². The molecule has 4 nitrogen and oxygen atoms in total. The fourth-order valence-corrected chi connectivity index (χ4v) is 3.92. The number of ketones is 1. The van der Waals surface area contributed by atoms with Crippen LogP contribution >= 0.6 is 11.8 Å². The molecular formula is C18H26N2O2S. The van der Waals surface area contributed by atoms with Crippen LogP contribution in [0, 0.1) is 0 Å². The van der Waals surface area contributed by atoms with E-state index in [1.54, 1.807) is 0 Å². The summed E-state index contributed by atoms with van der Waals surface area (Å²) in [5.41, 5.74) is 0.691. The number of hydrogen-bond acceptors (Lipinski definition) is 4. The zero-order valence-electron chi connectivity index (χ0n) is 14.0. The molecule has 0 spiro atoms. The average Bonchev–Trinajstić information content (AvgIpc) is 2.78. The smallest absolute Gasteiger partial charge is 0.223 e. The van der Waals surface area contributed by atoms with Crippen molar-refractivity contribution in [2.45, 2.75) is 25.3 Å². The molecule has 1 fully saturated rings. The molecule has 2 rings (SSSR count). The van der Waals surface area contributed by atoms with Crippen LogP contribution in [0.25, 0.3) is 0 Å². The van der Waals surface area contributed by atoms with Crippen molar-refractivity contribution in [2.75, 3.05) is 38.7 Å². The van der Waals surface area contributed by atoms with E-state index in [4.69, 9.17) is 0 Å². The van der Waals surface area contributed by atoms with Crippen molar-refractivity contribution in [3.63, 3.8) is 0 Å². The Labute approximate surface area is 143 Å². The maximum Gasteiger partial charge on any atom is 0.223 e. The molecule has 0 radical (unpaired) electrons. The molecule has 23 heavy (non-hydrogen) atoms. The van der Waals surface area contributed by atoms with Gasteiger partial charge in [0, 0.05) is 37.2 Å². The predicted octanol–water partition coefficient (Wildman–Crippen LogP) is 2.55. The molecule has 5 heteroatoms. The van der Waals surface area contributed by atoms with E-state index in [0.29, 0.717) is 18.4 Å².